The average molecular weight is 340 g/mol. The number of hydrogen-bond donors (Lipinski definition) is 0. The Labute approximate surface area is 136 Å². The highest BCUT2D eigenvalue weighted by molar-refractivity contribution is 8.03. The Morgan fingerprint density at radius 2 is 2.10 bits per heavy atom. The van der Waals surface area contributed by atoms with E-state index in [9.17, 15) is 4.79 Å². The molecule has 0 atom stereocenters. The Balaban J connectivity index is 1.69. The van der Waals surface area contributed by atoms with Crippen LogP contribution in [0.25, 0.3) is 0 Å². The summed E-state index contributed by atoms with van der Waals surface area (Å²) < 4.78 is 4.12. The predicted octanol–water partition coefficient (Wildman–Crippen LogP) is 3.99. The molecule has 0 unspecified atom stereocenters. The topological polar surface area (TPSA) is 47.8 Å². The lowest BCUT2D eigenvalue weighted by molar-refractivity contribution is 0.102. The fraction of sp³-hybridized carbons (Fsp3) is 0.500. The van der Waals surface area contributed by atoms with Gasteiger partial charge in [0.1, 0.15) is 0 Å². The summed E-state index contributed by atoms with van der Waals surface area (Å²) in [7, 11) is 0. The molecule has 3 rings (SSSR count). The number of nitrogens with zero attached hydrogens (tertiary/aromatic N) is 3. The van der Waals surface area contributed by atoms with Crippen LogP contribution in [0.4, 0.5) is 0 Å². The molecule has 0 saturated heterocycles. The highest BCUT2D eigenvalue weighted by Gasteiger charge is 2.28. The molecule has 0 radical (unpaired) electrons. The van der Waals surface area contributed by atoms with Gasteiger partial charge in [0.15, 0.2) is 14.5 Å². The molecule has 1 aliphatic carbocycles. The normalized spacial score (nSPS) is 14.6. The summed E-state index contributed by atoms with van der Waals surface area (Å²) in [5.41, 5.74) is 3.17. The van der Waals surface area contributed by atoms with Crippen LogP contribution in [0.3, 0.4) is 0 Å². The Bertz CT molecular complexity index is 673. The van der Waals surface area contributed by atoms with E-state index in [1.54, 1.807) is 23.1 Å². The fourth-order valence-electron chi connectivity index (χ4n) is 2.50. The first-order valence-corrected chi connectivity index (χ1v) is 9.84. The third-order valence-electron chi connectivity index (χ3n) is 3.59. The van der Waals surface area contributed by atoms with Crippen LogP contribution in [0.15, 0.2) is 14.7 Å². The molecule has 2 aromatic rings. The summed E-state index contributed by atoms with van der Waals surface area (Å²) in [6.45, 7) is 4.14. The number of hydrogen-bond acceptors (Lipinski definition) is 6. The van der Waals surface area contributed by atoms with Gasteiger partial charge < -0.3 is 4.57 Å². The van der Waals surface area contributed by atoms with Crippen LogP contribution in [0, 0.1) is 13.8 Å². The predicted molar refractivity (Wildman–Crippen MR) is 88.9 cm³/mol. The Morgan fingerprint density at radius 1 is 1.38 bits per heavy atom. The molecule has 0 bridgehead atoms. The molecular formula is C14H17N3OS3. The standard InChI is InChI=1S/C14H17N3OS3/c1-8-6-11(9(2)17(8)10-4-5-10)12(18)7-20-14-16-15-13(19-3)21-14/h6,10H,4-5,7H2,1-3H3. The van der Waals surface area contributed by atoms with Gasteiger partial charge in [0, 0.05) is 23.0 Å². The first kappa shape index (κ1) is 15.1. The van der Waals surface area contributed by atoms with Gasteiger partial charge >= 0.3 is 0 Å². The lowest BCUT2D eigenvalue weighted by Gasteiger charge is -2.07. The summed E-state index contributed by atoms with van der Waals surface area (Å²) in [6.07, 6.45) is 4.45. The van der Waals surface area contributed by atoms with Crippen molar-refractivity contribution < 1.29 is 4.79 Å². The van der Waals surface area contributed by atoms with Gasteiger partial charge in [0.25, 0.3) is 0 Å². The number of aryl methyl sites for hydroxylation is 1. The maximum atomic E-state index is 12.4. The molecular weight excluding hydrogens is 322 g/mol. The summed E-state index contributed by atoms with van der Waals surface area (Å²) in [5.74, 6) is 0.610. The van der Waals surface area contributed by atoms with Crippen molar-refractivity contribution in [3.05, 3.63) is 23.0 Å². The Hall–Kier alpha value is -0.790. The smallest absolute Gasteiger partial charge is 0.175 e. The lowest BCUT2D eigenvalue weighted by Crippen LogP contribution is -2.05. The summed E-state index contributed by atoms with van der Waals surface area (Å²) >= 11 is 4.61. The van der Waals surface area contributed by atoms with Gasteiger partial charge in [-0.25, -0.2) is 0 Å². The minimum absolute atomic E-state index is 0.181. The molecule has 2 heterocycles. The first-order valence-electron chi connectivity index (χ1n) is 6.82. The number of rotatable bonds is 6. The molecule has 1 aliphatic rings. The van der Waals surface area contributed by atoms with Crippen molar-refractivity contribution in [3.63, 3.8) is 0 Å². The van der Waals surface area contributed by atoms with E-state index < -0.39 is 0 Å². The zero-order valence-corrected chi connectivity index (χ0v) is 14.7. The summed E-state index contributed by atoms with van der Waals surface area (Å²) in [4.78, 5) is 12.4. The second kappa shape index (κ2) is 6.14. The van der Waals surface area contributed by atoms with Crippen LogP contribution in [0.1, 0.15) is 40.6 Å². The van der Waals surface area contributed by atoms with Gasteiger partial charge in [-0.1, -0.05) is 34.9 Å². The highest BCUT2D eigenvalue weighted by atomic mass is 32.2. The SMILES string of the molecule is CSc1nnc(SCC(=O)c2cc(C)n(C3CC3)c2C)s1. The summed E-state index contributed by atoms with van der Waals surface area (Å²) in [6, 6.07) is 2.65. The Kier molecular flexibility index (Phi) is 4.42. The quantitative estimate of drug-likeness (QED) is 0.588. The third-order valence-corrected chi connectivity index (χ3v) is 6.62. The number of ketones is 1. The molecule has 0 spiro atoms. The van der Waals surface area contributed by atoms with E-state index in [0.717, 1.165) is 19.9 Å². The second-order valence-corrected chi connectivity index (χ2v) is 8.39. The van der Waals surface area contributed by atoms with Crippen molar-refractivity contribution in [2.75, 3.05) is 12.0 Å². The van der Waals surface area contributed by atoms with Gasteiger partial charge in [0.05, 0.1) is 5.75 Å². The lowest BCUT2D eigenvalue weighted by atomic mass is 10.2. The van der Waals surface area contributed by atoms with Gasteiger partial charge in [0.2, 0.25) is 0 Å². The minimum Gasteiger partial charge on any atom is -0.345 e. The number of aromatic nitrogens is 3. The first-order chi connectivity index (χ1) is 10.1. The van der Waals surface area contributed by atoms with E-state index in [-0.39, 0.29) is 5.78 Å². The van der Waals surface area contributed by atoms with Crippen molar-refractivity contribution >= 4 is 40.6 Å². The molecule has 4 nitrogen and oxygen atoms in total. The molecule has 112 valence electrons. The third kappa shape index (κ3) is 3.19. The zero-order chi connectivity index (χ0) is 15.0. The molecule has 21 heavy (non-hydrogen) atoms. The number of carbonyl (C=O) groups is 1. The van der Waals surface area contributed by atoms with Gasteiger partial charge in [-0.3, -0.25) is 4.79 Å². The van der Waals surface area contributed by atoms with Crippen LogP contribution in [-0.4, -0.2) is 32.6 Å². The molecule has 0 aliphatic heterocycles. The van der Waals surface area contributed by atoms with E-state index in [1.165, 1.54) is 30.3 Å². The molecule has 1 saturated carbocycles. The molecule has 1 fully saturated rings. The monoisotopic (exact) mass is 339 g/mol. The maximum absolute atomic E-state index is 12.4. The summed E-state index contributed by atoms with van der Waals surface area (Å²) in [5, 5.41) is 8.14. The van der Waals surface area contributed by atoms with Crippen LogP contribution in [-0.2, 0) is 0 Å². The zero-order valence-electron chi connectivity index (χ0n) is 12.3. The highest BCUT2D eigenvalue weighted by Crippen LogP contribution is 2.38. The molecule has 0 aromatic carbocycles. The largest absolute Gasteiger partial charge is 0.345 e. The average Bonchev–Trinajstić information content (AvgIpc) is 3.10. The van der Waals surface area contributed by atoms with E-state index >= 15 is 0 Å². The van der Waals surface area contributed by atoms with E-state index in [0.29, 0.717) is 11.8 Å². The van der Waals surface area contributed by atoms with E-state index in [1.807, 2.05) is 12.3 Å². The van der Waals surface area contributed by atoms with Gasteiger partial charge in [-0.2, -0.15) is 0 Å². The fourth-order valence-corrected chi connectivity index (χ4v) is 4.82. The van der Waals surface area contributed by atoms with Crippen molar-refractivity contribution in [2.45, 2.75) is 41.4 Å². The number of Topliss-reactive ketones (excluding diaryl/α,β-unsaturated/α-hetero) is 1. The van der Waals surface area contributed by atoms with Crippen molar-refractivity contribution in [1.82, 2.24) is 14.8 Å². The van der Waals surface area contributed by atoms with E-state index in [4.69, 9.17) is 0 Å². The second-order valence-electron chi connectivity index (χ2n) is 5.14. The van der Waals surface area contributed by atoms with Crippen LogP contribution < -0.4 is 0 Å². The number of carbonyl (C=O) groups excluding carboxylic acids is 1. The van der Waals surface area contributed by atoms with Crippen molar-refractivity contribution in [2.24, 2.45) is 0 Å². The minimum atomic E-state index is 0.181. The van der Waals surface area contributed by atoms with Gasteiger partial charge in [-0.05, 0) is 39.0 Å². The van der Waals surface area contributed by atoms with Crippen LogP contribution in [0.2, 0.25) is 0 Å². The maximum Gasteiger partial charge on any atom is 0.175 e. The molecule has 2 aromatic heterocycles. The van der Waals surface area contributed by atoms with Crippen molar-refractivity contribution in [3.8, 4) is 0 Å². The number of thioether (sulfide) groups is 2. The molecule has 0 amide bonds. The van der Waals surface area contributed by atoms with Crippen LogP contribution >= 0.6 is 34.9 Å². The van der Waals surface area contributed by atoms with Crippen molar-refractivity contribution in [1.29, 1.82) is 0 Å². The Morgan fingerprint density at radius 3 is 2.71 bits per heavy atom. The van der Waals surface area contributed by atoms with Crippen LogP contribution in [0.5, 0.6) is 0 Å². The van der Waals surface area contributed by atoms with E-state index in [2.05, 4.69) is 28.6 Å². The van der Waals surface area contributed by atoms with Gasteiger partial charge in [-0.15, -0.1) is 10.2 Å². The molecule has 0 N–H and O–H groups in total. The molecule has 7 heteroatoms.